The fourth-order valence-electron chi connectivity index (χ4n) is 0.839. The molecule has 0 bridgehead atoms. The zero-order valence-electron chi connectivity index (χ0n) is 7.48. The molecule has 0 atom stereocenters. The molecule has 0 saturated heterocycles. The summed E-state index contributed by atoms with van der Waals surface area (Å²) in [5.74, 6) is -0.465. The van der Waals surface area contributed by atoms with E-state index >= 15 is 0 Å². The third-order valence-electron chi connectivity index (χ3n) is 1.54. The van der Waals surface area contributed by atoms with Crippen molar-refractivity contribution < 1.29 is 9.53 Å². The Morgan fingerprint density at radius 3 is 2.92 bits per heavy atom. The van der Waals surface area contributed by atoms with Crippen molar-refractivity contribution in [2.75, 3.05) is 7.11 Å². The highest BCUT2D eigenvalue weighted by Gasteiger charge is 2.03. The van der Waals surface area contributed by atoms with Crippen LogP contribution in [0, 0.1) is 6.92 Å². The first-order valence-corrected chi connectivity index (χ1v) is 3.73. The van der Waals surface area contributed by atoms with Gasteiger partial charge in [0.2, 0.25) is 0 Å². The van der Waals surface area contributed by atoms with Gasteiger partial charge in [0.15, 0.2) is 0 Å². The highest BCUT2D eigenvalue weighted by atomic mass is 16.5. The van der Waals surface area contributed by atoms with Gasteiger partial charge in [0.05, 0.1) is 13.4 Å². The lowest BCUT2D eigenvalue weighted by molar-refractivity contribution is -0.141. The van der Waals surface area contributed by atoms with Crippen molar-refractivity contribution in [3.8, 4) is 0 Å². The standard InChI is InChI=1S/C8H10N2O3/c1-6-3-7(11)10(5-9-6)4-8(12)13-2/h3,5H,4H2,1-2H3. The summed E-state index contributed by atoms with van der Waals surface area (Å²) < 4.78 is 5.61. The molecule has 0 fully saturated rings. The van der Waals surface area contributed by atoms with E-state index in [1.165, 1.54) is 24.1 Å². The molecule has 1 aromatic rings. The predicted octanol–water partition coefficient (Wildman–Crippen LogP) is -0.275. The second-order valence-electron chi connectivity index (χ2n) is 2.57. The minimum absolute atomic E-state index is 0.0946. The molecular weight excluding hydrogens is 172 g/mol. The average molecular weight is 182 g/mol. The number of hydrogen-bond acceptors (Lipinski definition) is 4. The maximum atomic E-state index is 11.2. The molecular formula is C8H10N2O3. The lowest BCUT2D eigenvalue weighted by atomic mass is 10.4. The molecule has 0 amide bonds. The van der Waals surface area contributed by atoms with Crippen LogP contribution in [0.1, 0.15) is 5.69 Å². The molecule has 70 valence electrons. The van der Waals surface area contributed by atoms with Gasteiger partial charge in [-0.3, -0.25) is 14.2 Å². The van der Waals surface area contributed by atoms with Gasteiger partial charge in [-0.15, -0.1) is 0 Å². The Labute approximate surface area is 75.0 Å². The molecule has 1 rings (SSSR count). The van der Waals surface area contributed by atoms with Gasteiger partial charge in [-0.1, -0.05) is 0 Å². The maximum absolute atomic E-state index is 11.2. The van der Waals surface area contributed by atoms with Gasteiger partial charge >= 0.3 is 5.97 Å². The number of ether oxygens (including phenoxy) is 1. The molecule has 0 aromatic carbocycles. The minimum atomic E-state index is -0.465. The number of carbonyl (C=O) groups excluding carboxylic acids is 1. The number of methoxy groups -OCH3 is 1. The summed E-state index contributed by atoms with van der Waals surface area (Å²) in [6.45, 7) is 1.62. The van der Waals surface area contributed by atoms with Crippen LogP contribution in [-0.4, -0.2) is 22.6 Å². The second-order valence-corrected chi connectivity index (χ2v) is 2.57. The topological polar surface area (TPSA) is 61.2 Å². The number of hydrogen-bond donors (Lipinski definition) is 0. The van der Waals surface area contributed by atoms with Crippen LogP contribution in [0.5, 0.6) is 0 Å². The van der Waals surface area contributed by atoms with Crippen molar-refractivity contribution in [2.45, 2.75) is 13.5 Å². The highest BCUT2D eigenvalue weighted by molar-refractivity contribution is 5.68. The Kier molecular flexibility index (Phi) is 2.79. The molecule has 0 unspecified atom stereocenters. The maximum Gasteiger partial charge on any atom is 0.325 e. The van der Waals surface area contributed by atoms with E-state index in [9.17, 15) is 9.59 Å². The third kappa shape index (κ3) is 2.40. The molecule has 13 heavy (non-hydrogen) atoms. The van der Waals surface area contributed by atoms with E-state index in [1.54, 1.807) is 6.92 Å². The van der Waals surface area contributed by atoms with Crippen LogP contribution in [0.25, 0.3) is 0 Å². The summed E-state index contributed by atoms with van der Waals surface area (Å²) in [6.07, 6.45) is 1.33. The van der Waals surface area contributed by atoms with E-state index in [0.29, 0.717) is 5.69 Å². The van der Waals surface area contributed by atoms with Crippen molar-refractivity contribution in [1.82, 2.24) is 9.55 Å². The normalized spacial score (nSPS) is 9.69. The summed E-state index contributed by atoms with van der Waals surface area (Å²) in [5, 5.41) is 0. The lowest BCUT2D eigenvalue weighted by Gasteiger charge is -2.02. The molecule has 1 aromatic heterocycles. The van der Waals surface area contributed by atoms with Gasteiger partial charge in [0.25, 0.3) is 5.56 Å². The quantitative estimate of drug-likeness (QED) is 0.590. The van der Waals surface area contributed by atoms with Gasteiger partial charge in [-0.05, 0) is 6.92 Å². The second kappa shape index (κ2) is 3.84. The van der Waals surface area contributed by atoms with Gasteiger partial charge in [-0.2, -0.15) is 0 Å². The highest BCUT2D eigenvalue weighted by Crippen LogP contribution is 1.86. The molecule has 5 heteroatoms. The molecule has 0 saturated carbocycles. The van der Waals surface area contributed by atoms with E-state index in [0.717, 1.165) is 0 Å². The largest absolute Gasteiger partial charge is 0.468 e. The molecule has 0 spiro atoms. The Morgan fingerprint density at radius 2 is 2.38 bits per heavy atom. The van der Waals surface area contributed by atoms with Crippen LogP contribution in [0.4, 0.5) is 0 Å². The predicted molar refractivity (Wildman–Crippen MR) is 45.3 cm³/mol. The van der Waals surface area contributed by atoms with Gasteiger partial charge in [-0.25, -0.2) is 4.98 Å². The Hall–Kier alpha value is -1.65. The first-order valence-electron chi connectivity index (χ1n) is 3.73. The first-order chi connectivity index (χ1) is 6.13. The minimum Gasteiger partial charge on any atom is -0.468 e. The average Bonchev–Trinajstić information content (AvgIpc) is 2.09. The molecule has 0 aliphatic rings. The Bertz CT molecular complexity index is 370. The lowest BCUT2D eigenvalue weighted by Crippen LogP contribution is -2.24. The number of aryl methyl sites for hydroxylation is 1. The number of rotatable bonds is 2. The van der Waals surface area contributed by atoms with Crippen molar-refractivity contribution in [3.63, 3.8) is 0 Å². The van der Waals surface area contributed by atoms with Crippen LogP contribution < -0.4 is 5.56 Å². The molecule has 0 aliphatic carbocycles. The number of carbonyl (C=O) groups is 1. The van der Waals surface area contributed by atoms with Crippen LogP contribution >= 0.6 is 0 Å². The molecule has 1 heterocycles. The summed E-state index contributed by atoms with van der Waals surface area (Å²) in [4.78, 5) is 25.9. The Morgan fingerprint density at radius 1 is 1.69 bits per heavy atom. The third-order valence-corrected chi connectivity index (χ3v) is 1.54. The fraction of sp³-hybridized carbons (Fsp3) is 0.375. The smallest absolute Gasteiger partial charge is 0.325 e. The molecule has 0 N–H and O–H groups in total. The van der Waals surface area contributed by atoms with Crippen LogP contribution in [0.15, 0.2) is 17.2 Å². The van der Waals surface area contributed by atoms with E-state index in [-0.39, 0.29) is 12.1 Å². The number of esters is 1. The fourth-order valence-corrected chi connectivity index (χ4v) is 0.839. The van der Waals surface area contributed by atoms with Gasteiger partial charge < -0.3 is 4.74 Å². The monoisotopic (exact) mass is 182 g/mol. The van der Waals surface area contributed by atoms with Crippen molar-refractivity contribution in [3.05, 3.63) is 28.4 Å². The molecule has 0 radical (unpaired) electrons. The zero-order chi connectivity index (χ0) is 9.84. The van der Waals surface area contributed by atoms with Crippen molar-refractivity contribution in [2.24, 2.45) is 0 Å². The van der Waals surface area contributed by atoms with Crippen LogP contribution in [0.3, 0.4) is 0 Å². The summed E-state index contributed by atoms with van der Waals surface area (Å²) >= 11 is 0. The molecule has 5 nitrogen and oxygen atoms in total. The first kappa shape index (κ1) is 9.44. The van der Waals surface area contributed by atoms with Crippen molar-refractivity contribution >= 4 is 5.97 Å². The summed E-state index contributed by atoms with van der Waals surface area (Å²) in [6, 6.07) is 1.36. The van der Waals surface area contributed by atoms with Crippen molar-refractivity contribution in [1.29, 1.82) is 0 Å². The zero-order valence-corrected chi connectivity index (χ0v) is 7.48. The van der Waals surface area contributed by atoms with E-state index in [4.69, 9.17) is 0 Å². The molecule has 0 aliphatic heterocycles. The summed E-state index contributed by atoms with van der Waals surface area (Å²) in [5.41, 5.74) is 0.379. The van der Waals surface area contributed by atoms with E-state index in [2.05, 4.69) is 9.72 Å². The number of aromatic nitrogens is 2. The van der Waals surface area contributed by atoms with Gasteiger partial charge in [0, 0.05) is 11.8 Å². The number of nitrogens with zero attached hydrogens (tertiary/aromatic N) is 2. The SMILES string of the molecule is COC(=O)Cn1cnc(C)cc1=O. The Balaban J connectivity index is 2.90. The van der Waals surface area contributed by atoms with Gasteiger partial charge in [0.1, 0.15) is 6.54 Å². The summed E-state index contributed by atoms with van der Waals surface area (Å²) in [7, 11) is 1.27. The van der Waals surface area contributed by atoms with E-state index < -0.39 is 5.97 Å². The van der Waals surface area contributed by atoms with Crippen LogP contribution in [0.2, 0.25) is 0 Å². The van der Waals surface area contributed by atoms with E-state index in [1.807, 2.05) is 0 Å². The van der Waals surface area contributed by atoms with Crippen LogP contribution in [-0.2, 0) is 16.1 Å².